The number of rotatable bonds is 4. The summed E-state index contributed by atoms with van der Waals surface area (Å²) in [6.45, 7) is 0. The molecule has 0 heterocycles. The number of carbonyl (C=O) groups is 1. The highest BCUT2D eigenvalue weighted by Gasteiger charge is 2.21. The molecule has 2 aromatic rings. The van der Waals surface area contributed by atoms with Crippen molar-refractivity contribution >= 4 is 27.5 Å². The van der Waals surface area contributed by atoms with E-state index in [2.05, 4.69) is 0 Å². The number of carboxylic acid groups (broad SMARTS) is 1. The molecule has 0 radical (unpaired) electrons. The van der Waals surface area contributed by atoms with Crippen molar-refractivity contribution in [3.05, 3.63) is 76.9 Å². The zero-order chi connectivity index (χ0) is 17.3. The van der Waals surface area contributed by atoms with Gasteiger partial charge in [-0.3, -0.25) is 0 Å². The van der Waals surface area contributed by atoms with Crippen molar-refractivity contribution in [2.24, 2.45) is 0 Å². The fraction of sp³-hybridized carbons (Fsp3) is 0.105. The fourth-order valence-electron chi connectivity index (χ4n) is 2.77. The molecular weight excluding hydrogens is 324 g/mol. The lowest BCUT2D eigenvalue weighted by atomic mass is 9.97. The van der Waals surface area contributed by atoms with Crippen LogP contribution in [0.25, 0.3) is 11.6 Å². The van der Waals surface area contributed by atoms with E-state index in [9.17, 15) is 18.3 Å². The van der Waals surface area contributed by atoms with Crippen LogP contribution in [0.3, 0.4) is 0 Å². The van der Waals surface area contributed by atoms with Gasteiger partial charge in [0.1, 0.15) is 0 Å². The van der Waals surface area contributed by atoms with Gasteiger partial charge < -0.3 is 5.11 Å². The van der Waals surface area contributed by atoms with E-state index >= 15 is 0 Å². The average molecular weight is 340 g/mol. The van der Waals surface area contributed by atoms with Crippen molar-refractivity contribution in [2.75, 3.05) is 6.26 Å². The summed E-state index contributed by atoms with van der Waals surface area (Å²) in [6, 6.07) is 13.9. The third-order valence-corrected chi connectivity index (χ3v) is 5.10. The number of carboxylic acids is 1. The van der Waals surface area contributed by atoms with Gasteiger partial charge in [-0.15, -0.1) is 0 Å². The molecule has 0 fully saturated rings. The van der Waals surface area contributed by atoms with E-state index in [-0.39, 0.29) is 10.5 Å². The van der Waals surface area contributed by atoms with Gasteiger partial charge in [0, 0.05) is 6.26 Å². The second-order valence-corrected chi connectivity index (χ2v) is 7.70. The van der Waals surface area contributed by atoms with Gasteiger partial charge in [0.2, 0.25) is 0 Å². The second kappa shape index (κ2) is 6.09. The molecule has 0 atom stereocenters. The van der Waals surface area contributed by atoms with Gasteiger partial charge in [0.25, 0.3) is 0 Å². The highest BCUT2D eigenvalue weighted by molar-refractivity contribution is 7.90. The minimum atomic E-state index is -3.27. The lowest BCUT2D eigenvalue weighted by Crippen LogP contribution is -2.02. The van der Waals surface area contributed by atoms with Crippen LogP contribution in [0.5, 0.6) is 0 Å². The van der Waals surface area contributed by atoms with E-state index in [1.807, 2.05) is 30.3 Å². The Morgan fingerprint density at radius 3 is 2.38 bits per heavy atom. The Labute approximate surface area is 140 Å². The molecule has 2 aromatic carbocycles. The molecule has 122 valence electrons. The van der Waals surface area contributed by atoms with Gasteiger partial charge in [0.15, 0.2) is 9.84 Å². The molecule has 0 spiro atoms. The van der Waals surface area contributed by atoms with Crippen molar-refractivity contribution in [2.45, 2.75) is 11.3 Å². The Bertz CT molecular complexity index is 965. The summed E-state index contributed by atoms with van der Waals surface area (Å²) in [7, 11) is -3.27. The topological polar surface area (TPSA) is 71.4 Å². The molecule has 0 aromatic heterocycles. The predicted molar refractivity (Wildman–Crippen MR) is 93.3 cm³/mol. The molecule has 0 aliphatic heterocycles. The van der Waals surface area contributed by atoms with Gasteiger partial charge in [-0.2, -0.15) is 0 Å². The molecule has 0 saturated heterocycles. The molecular formula is C19H16O4S. The van der Waals surface area contributed by atoms with Crippen LogP contribution < -0.4 is 0 Å². The summed E-state index contributed by atoms with van der Waals surface area (Å²) in [5.41, 5.74) is 3.58. The van der Waals surface area contributed by atoms with Gasteiger partial charge in [-0.05, 0) is 46.9 Å². The summed E-state index contributed by atoms with van der Waals surface area (Å²) < 4.78 is 23.0. The molecule has 5 heteroatoms. The smallest absolute Gasteiger partial charge is 0.336 e. The summed E-state index contributed by atoms with van der Waals surface area (Å²) in [5.74, 6) is -1.01. The SMILES string of the molecule is CS(=O)(=O)c1ccc(C=C(C(=O)O)C2=CCc3ccccc32)cc1. The summed E-state index contributed by atoms with van der Waals surface area (Å²) >= 11 is 0. The first kappa shape index (κ1) is 16.2. The van der Waals surface area contributed by atoms with Crippen LogP contribution in [0, 0.1) is 0 Å². The number of sulfone groups is 1. The van der Waals surface area contributed by atoms with Crippen molar-refractivity contribution in [1.29, 1.82) is 0 Å². The number of benzene rings is 2. The fourth-order valence-corrected chi connectivity index (χ4v) is 3.40. The maximum atomic E-state index is 11.7. The third kappa shape index (κ3) is 3.16. The van der Waals surface area contributed by atoms with Gasteiger partial charge in [0.05, 0.1) is 10.5 Å². The van der Waals surface area contributed by atoms with Gasteiger partial charge >= 0.3 is 5.97 Å². The minimum absolute atomic E-state index is 0.201. The highest BCUT2D eigenvalue weighted by Crippen LogP contribution is 2.33. The maximum Gasteiger partial charge on any atom is 0.336 e. The van der Waals surface area contributed by atoms with Crippen LogP contribution >= 0.6 is 0 Å². The number of fused-ring (bicyclic) bond motifs is 1. The number of hydrogen-bond donors (Lipinski definition) is 1. The summed E-state index contributed by atoms with van der Waals surface area (Å²) in [5, 5.41) is 9.60. The Morgan fingerprint density at radius 1 is 1.08 bits per heavy atom. The second-order valence-electron chi connectivity index (χ2n) is 5.68. The minimum Gasteiger partial charge on any atom is -0.478 e. The van der Waals surface area contributed by atoms with Crippen LogP contribution in [-0.4, -0.2) is 25.7 Å². The van der Waals surface area contributed by atoms with Crippen molar-refractivity contribution in [1.82, 2.24) is 0 Å². The summed E-state index contributed by atoms with van der Waals surface area (Å²) in [6.07, 6.45) is 5.34. The van der Waals surface area contributed by atoms with E-state index in [1.165, 1.54) is 12.1 Å². The highest BCUT2D eigenvalue weighted by atomic mass is 32.2. The predicted octanol–water partition coefficient (Wildman–Crippen LogP) is 3.20. The van der Waals surface area contributed by atoms with E-state index in [0.717, 1.165) is 17.4 Å². The molecule has 0 amide bonds. The molecule has 0 bridgehead atoms. The lowest BCUT2D eigenvalue weighted by molar-refractivity contribution is -0.132. The monoisotopic (exact) mass is 340 g/mol. The van der Waals surface area contributed by atoms with Crippen molar-refractivity contribution in [3.63, 3.8) is 0 Å². The van der Waals surface area contributed by atoms with E-state index in [1.54, 1.807) is 18.2 Å². The van der Waals surface area contributed by atoms with Gasteiger partial charge in [-0.1, -0.05) is 42.5 Å². The van der Waals surface area contributed by atoms with E-state index in [4.69, 9.17) is 0 Å². The van der Waals surface area contributed by atoms with Crippen LogP contribution in [0.1, 0.15) is 16.7 Å². The Morgan fingerprint density at radius 2 is 1.75 bits per heavy atom. The molecule has 0 saturated carbocycles. The zero-order valence-corrected chi connectivity index (χ0v) is 13.9. The largest absolute Gasteiger partial charge is 0.478 e. The van der Waals surface area contributed by atoms with Gasteiger partial charge in [-0.25, -0.2) is 13.2 Å². The third-order valence-electron chi connectivity index (χ3n) is 3.97. The molecule has 1 aliphatic rings. The van der Waals surface area contributed by atoms with Crippen LogP contribution in [0.15, 0.2) is 65.1 Å². The molecule has 3 rings (SSSR count). The van der Waals surface area contributed by atoms with Crippen molar-refractivity contribution in [3.8, 4) is 0 Å². The Kier molecular flexibility index (Phi) is 4.11. The molecule has 1 aliphatic carbocycles. The Hall–Kier alpha value is -2.66. The number of aliphatic carboxylic acids is 1. The first-order chi connectivity index (χ1) is 11.4. The first-order valence-electron chi connectivity index (χ1n) is 7.40. The number of hydrogen-bond acceptors (Lipinski definition) is 3. The average Bonchev–Trinajstić information content (AvgIpc) is 2.96. The van der Waals surface area contributed by atoms with E-state index in [0.29, 0.717) is 17.6 Å². The lowest BCUT2D eigenvalue weighted by Gasteiger charge is -2.07. The zero-order valence-electron chi connectivity index (χ0n) is 13.1. The molecule has 0 unspecified atom stereocenters. The first-order valence-corrected chi connectivity index (χ1v) is 9.29. The molecule has 1 N–H and O–H groups in total. The maximum absolute atomic E-state index is 11.7. The van der Waals surface area contributed by atoms with Crippen molar-refractivity contribution < 1.29 is 18.3 Å². The van der Waals surface area contributed by atoms with Crippen LogP contribution in [0.2, 0.25) is 0 Å². The summed E-state index contributed by atoms with van der Waals surface area (Å²) in [4.78, 5) is 11.9. The molecule has 4 nitrogen and oxygen atoms in total. The Balaban J connectivity index is 2.01. The number of allylic oxidation sites excluding steroid dienone is 1. The van der Waals surface area contributed by atoms with Crippen LogP contribution in [0.4, 0.5) is 0 Å². The van der Waals surface area contributed by atoms with Crippen LogP contribution in [-0.2, 0) is 21.1 Å². The molecule has 24 heavy (non-hydrogen) atoms. The van der Waals surface area contributed by atoms with E-state index < -0.39 is 15.8 Å². The standard InChI is InChI=1S/C19H16O4S/c1-24(22,23)15-9-6-13(7-10-15)12-18(19(20)21)17-11-8-14-4-2-3-5-16(14)17/h2-7,9-12H,8H2,1H3,(H,20,21). The normalized spacial score (nSPS) is 14.2. The quantitative estimate of drug-likeness (QED) is 0.868.